The van der Waals surface area contributed by atoms with Gasteiger partial charge in [-0.2, -0.15) is 0 Å². The molecule has 2 heteroatoms. The molecule has 0 aromatic carbocycles. The van der Waals surface area contributed by atoms with E-state index in [0.717, 1.165) is 10.9 Å². The van der Waals surface area contributed by atoms with E-state index in [2.05, 4.69) is 10.9 Å². The highest BCUT2D eigenvalue weighted by Gasteiger charge is 2.13. The van der Waals surface area contributed by atoms with E-state index in [1.807, 2.05) is 13.8 Å². The number of aromatic amines is 1. The molecule has 0 spiro atoms. The lowest BCUT2D eigenvalue weighted by molar-refractivity contribution is 0.752. The van der Waals surface area contributed by atoms with Gasteiger partial charge in [-0.3, -0.25) is 0 Å². The number of hydrogen-bond donors (Lipinski definition) is 1. The van der Waals surface area contributed by atoms with Gasteiger partial charge < -0.3 is 4.98 Å². The fourth-order valence-corrected chi connectivity index (χ4v) is 1.81. The summed E-state index contributed by atoms with van der Waals surface area (Å²) in [7, 11) is 0. The Labute approximate surface area is 88.0 Å². The van der Waals surface area contributed by atoms with E-state index in [1.54, 1.807) is 18.3 Å². The van der Waals surface area contributed by atoms with Crippen LogP contribution in [0, 0.1) is 18.3 Å². The first-order chi connectivity index (χ1) is 7.15. The summed E-state index contributed by atoms with van der Waals surface area (Å²) in [4.78, 5) is 3.05. The second kappa shape index (κ2) is 3.43. The van der Waals surface area contributed by atoms with E-state index in [0.29, 0.717) is 10.8 Å². The number of hydrogen-bond acceptors (Lipinski definition) is 0. The molecule has 0 saturated carbocycles. The fraction of sp³-hybridized carbons (Fsp3) is 0.231. The molecule has 1 aromatic rings. The van der Waals surface area contributed by atoms with E-state index < -0.39 is 0 Å². The van der Waals surface area contributed by atoms with Gasteiger partial charge in [-0.15, -0.1) is 6.42 Å². The normalized spacial score (nSPS) is 20.4. The maximum atomic E-state index is 14.0. The Bertz CT molecular complexity index is 581. The van der Waals surface area contributed by atoms with Crippen molar-refractivity contribution in [2.45, 2.75) is 13.8 Å². The molecular weight excluding hydrogens is 189 g/mol. The van der Waals surface area contributed by atoms with Crippen molar-refractivity contribution in [1.82, 2.24) is 4.98 Å². The summed E-state index contributed by atoms with van der Waals surface area (Å²) in [6, 6.07) is 1.72. The van der Waals surface area contributed by atoms with Crippen molar-refractivity contribution in [1.29, 1.82) is 0 Å². The fourth-order valence-electron chi connectivity index (χ4n) is 1.81. The standard InChI is InChI=1S/C13H12FN/c1-4-10-7-8(2)9(3)13-11(12(10)14)5-6-15-13/h1,5-8,15H,2-3H3. The third kappa shape index (κ3) is 1.41. The Morgan fingerprint density at radius 2 is 2.27 bits per heavy atom. The molecule has 0 radical (unpaired) electrons. The summed E-state index contributed by atoms with van der Waals surface area (Å²) in [5.41, 5.74) is 1.45. The van der Waals surface area contributed by atoms with Crippen LogP contribution in [-0.4, -0.2) is 4.98 Å². The van der Waals surface area contributed by atoms with Crippen molar-refractivity contribution in [2.75, 3.05) is 0 Å². The maximum Gasteiger partial charge on any atom is 0.147 e. The van der Waals surface area contributed by atoms with Crippen molar-refractivity contribution in [3.63, 3.8) is 0 Å². The third-order valence-corrected chi connectivity index (χ3v) is 2.87. The van der Waals surface area contributed by atoms with E-state index >= 15 is 0 Å². The summed E-state index contributed by atoms with van der Waals surface area (Å²) in [5.74, 6) is 2.24. The summed E-state index contributed by atoms with van der Waals surface area (Å²) >= 11 is 0. The average Bonchev–Trinajstić information content (AvgIpc) is 2.69. The number of H-pyrrole nitrogens is 1. The summed E-state index contributed by atoms with van der Waals surface area (Å²) in [6.45, 7) is 4.00. The summed E-state index contributed by atoms with van der Waals surface area (Å²) < 4.78 is 14.0. The molecule has 1 heterocycles. The highest BCUT2D eigenvalue weighted by atomic mass is 19.1. The first-order valence-electron chi connectivity index (χ1n) is 4.88. The topological polar surface area (TPSA) is 15.8 Å². The zero-order valence-electron chi connectivity index (χ0n) is 8.76. The summed E-state index contributed by atoms with van der Waals surface area (Å²) in [5, 5.41) is 1.42. The van der Waals surface area contributed by atoms with E-state index in [-0.39, 0.29) is 11.7 Å². The van der Waals surface area contributed by atoms with Gasteiger partial charge in [-0.05, 0) is 24.5 Å². The predicted molar refractivity (Wildman–Crippen MR) is 59.7 cm³/mol. The van der Waals surface area contributed by atoms with Crippen LogP contribution in [0.2, 0.25) is 0 Å². The molecule has 15 heavy (non-hydrogen) atoms. The molecule has 1 unspecified atom stereocenters. The maximum absolute atomic E-state index is 14.0. The van der Waals surface area contributed by atoms with Crippen LogP contribution in [0.3, 0.4) is 0 Å². The zero-order chi connectivity index (χ0) is 11.0. The largest absolute Gasteiger partial charge is 0.361 e. The molecule has 1 nitrogen and oxygen atoms in total. The van der Waals surface area contributed by atoms with Gasteiger partial charge in [0.2, 0.25) is 0 Å². The highest BCUT2D eigenvalue weighted by molar-refractivity contribution is 5.68. The van der Waals surface area contributed by atoms with Crippen LogP contribution in [0.5, 0.6) is 0 Å². The molecule has 0 amide bonds. The van der Waals surface area contributed by atoms with Crippen LogP contribution < -0.4 is 10.6 Å². The lowest BCUT2D eigenvalue weighted by atomic mass is 10.0. The van der Waals surface area contributed by atoms with Crippen molar-refractivity contribution < 1.29 is 4.39 Å². The van der Waals surface area contributed by atoms with E-state index in [1.165, 1.54) is 0 Å². The minimum Gasteiger partial charge on any atom is -0.361 e. The molecule has 1 aliphatic carbocycles. The van der Waals surface area contributed by atoms with Gasteiger partial charge in [0, 0.05) is 16.8 Å². The first-order valence-corrected chi connectivity index (χ1v) is 4.88. The van der Waals surface area contributed by atoms with Crippen LogP contribution in [0.25, 0.3) is 11.4 Å². The number of aromatic nitrogens is 1. The molecule has 1 N–H and O–H groups in total. The Morgan fingerprint density at radius 1 is 1.53 bits per heavy atom. The molecule has 0 aliphatic heterocycles. The Kier molecular flexibility index (Phi) is 2.24. The van der Waals surface area contributed by atoms with Gasteiger partial charge in [0.15, 0.2) is 0 Å². The van der Waals surface area contributed by atoms with Crippen molar-refractivity contribution >= 4 is 11.4 Å². The third-order valence-electron chi connectivity index (χ3n) is 2.87. The van der Waals surface area contributed by atoms with Gasteiger partial charge >= 0.3 is 0 Å². The van der Waals surface area contributed by atoms with E-state index in [4.69, 9.17) is 6.42 Å². The molecule has 0 bridgehead atoms. The Hall–Kier alpha value is -1.75. The summed E-state index contributed by atoms with van der Waals surface area (Å²) in [6.07, 6.45) is 8.82. The monoisotopic (exact) mass is 201 g/mol. The molecule has 1 atom stereocenters. The van der Waals surface area contributed by atoms with Crippen LogP contribution in [0.15, 0.2) is 23.9 Å². The molecule has 0 saturated heterocycles. The number of allylic oxidation sites excluding steroid dienone is 2. The number of halogens is 1. The molecule has 0 fully saturated rings. The van der Waals surface area contributed by atoms with Crippen LogP contribution in [0.1, 0.15) is 13.8 Å². The van der Waals surface area contributed by atoms with Gasteiger partial charge in [0.05, 0.1) is 5.57 Å². The molecular formula is C13H12FN. The van der Waals surface area contributed by atoms with Crippen LogP contribution >= 0.6 is 0 Å². The lowest BCUT2D eigenvalue weighted by Gasteiger charge is -2.04. The van der Waals surface area contributed by atoms with Crippen LogP contribution in [-0.2, 0) is 0 Å². The number of fused-ring (bicyclic) bond motifs is 1. The predicted octanol–water partition coefficient (Wildman–Crippen LogP) is 1.47. The number of terminal acetylenes is 1. The lowest BCUT2D eigenvalue weighted by Crippen LogP contribution is -2.26. The van der Waals surface area contributed by atoms with Gasteiger partial charge in [-0.25, -0.2) is 4.39 Å². The van der Waals surface area contributed by atoms with Crippen molar-refractivity contribution in [2.24, 2.45) is 5.92 Å². The molecule has 2 rings (SSSR count). The van der Waals surface area contributed by atoms with E-state index in [9.17, 15) is 4.39 Å². The second-order valence-electron chi connectivity index (χ2n) is 3.78. The smallest absolute Gasteiger partial charge is 0.147 e. The number of rotatable bonds is 0. The Morgan fingerprint density at radius 3 is 2.93 bits per heavy atom. The zero-order valence-corrected chi connectivity index (χ0v) is 8.76. The van der Waals surface area contributed by atoms with Crippen molar-refractivity contribution in [3.8, 4) is 12.3 Å². The molecule has 1 aromatic heterocycles. The molecule has 1 aliphatic rings. The van der Waals surface area contributed by atoms with Gasteiger partial charge in [0.25, 0.3) is 0 Å². The quantitative estimate of drug-likeness (QED) is 0.612. The average molecular weight is 201 g/mol. The minimum atomic E-state index is -0.308. The first kappa shape index (κ1) is 9.79. The highest BCUT2D eigenvalue weighted by Crippen LogP contribution is 2.19. The van der Waals surface area contributed by atoms with Gasteiger partial charge in [-0.1, -0.05) is 18.9 Å². The van der Waals surface area contributed by atoms with Gasteiger partial charge in [0.1, 0.15) is 5.83 Å². The second-order valence-corrected chi connectivity index (χ2v) is 3.78. The number of nitrogens with one attached hydrogen (secondary N) is 1. The Balaban J connectivity index is 2.92. The van der Waals surface area contributed by atoms with Crippen LogP contribution in [0.4, 0.5) is 4.39 Å². The van der Waals surface area contributed by atoms with Crippen molar-refractivity contribution in [3.05, 3.63) is 34.5 Å². The minimum absolute atomic E-state index is 0.154. The SMILES string of the molecule is C#CC1=CC(C)C(C)=c2[nH]ccc2=C1F. The molecule has 76 valence electrons.